The maximum Gasteiger partial charge on any atom is 0.240 e. The second-order valence-electron chi connectivity index (χ2n) is 4.57. The van der Waals surface area contributed by atoms with Gasteiger partial charge in [0.05, 0.1) is 5.52 Å². The van der Waals surface area contributed by atoms with Crippen LogP contribution >= 0.6 is 27.3 Å². The predicted molar refractivity (Wildman–Crippen MR) is 89.1 cm³/mol. The predicted octanol–water partition coefficient (Wildman–Crippen LogP) is 5.40. The summed E-state index contributed by atoms with van der Waals surface area (Å²) >= 11 is 5.06. The van der Waals surface area contributed by atoms with Crippen LogP contribution in [0.3, 0.4) is 0 Å². The number of hydrogen-bond acceptors (Lipinski definition) is 4. The van der Waals surface area contributed by atoms with E-state index in [1.165, 1.54) is 11.7 Å². The summed E-state index contributed by atoms with van der Waals surface area (Å²) in [6.07, 6.45) is 1.53. The number of hydrogen-bond donors (Lipinski definition) is 0. The number of nitrogens with zero attached hydrogens (tertiary/aromatic N) is 2. The van der Waals surface area contributed by atoms with Gasteiger partial charge in [0.2, 0.25) is 5.88 Å². The van der Waals surface area contributed by atoms with Gasteiger partial charge in [0.25, 0.3) is 0 Å². The number of benzene rings is 2. The minimum absolute atomic E-state index is 0.603. The molecule has 5 heteroatoms. The fraction of sp³-hybridized carbons (Fsp3) is 0. The first-order valence-corrected chi connectivity index (χ1v) is 8.02. The zero-order valence-electron chi connectivity index (χ0n) is 10.8. The molecule has 0 spiro atoms. The number of rotatable bonds is 2. The van der Waals surface area contributed by atoms with Crippen molar-refractivity contribution in [3.05, 3.63) is 58.6 Å². The Bertz CT molecular complexity index is 951. The van der Waals surface area contributed by atoms with Crippen LogP contribution in [-0.2, 0) is 0 Å². The fourth-order valence-corrected chi connectivity index (χ4v) is 3.36. The number of ether oxygens (including phenoxy) is 1. The highest BCUT2D eigenvalue weighted by molar-refractivity contribution is 9.10. The van der Waals surface area contributed by atoms with Crippen molar-refractivity contribution in [2.45, 2.75) is 0 Å². The Balaban J connectivity index is 1.77. The summed E-state index contributed by atoms with van der Waals surface area (Å²) in [6, 6.07) is 14.1. The van der Waals surface area contributed by atoms with Gasteiger partial charge >= 0.3 is 0 Å². The molecule has 2 aromatic heterocycles. The van der Waals surface area contributed by atoms with Gasteiger partial charge in [0.15, 0.2) is 0 Å². The molecule has 0 atom stereocenters. The van der Waals surface area contributed by atoms with Gasteiger partial charge in [-0.25, -0.2) is 9.97 Å². The van der Waals surface area contributed by atoms with E-state index in [9.17, 15) is 0 Å². The lowest BCUT2D eigenvalue weighted by atomic mass is 10.1. The third-order valence-electron chi connectivity index (χ3n) is 3.20. The quantitative estimate of drug-likeness (QED) is 0.482. The molecule has 0 radical (unpaired) electrons. The van der Waals surface area contributed by atoms with E-state index in [2.05, 4.69) is 38.0 Å². The molecule has 3 nitrogen and oxygen atoms in total. The van der Waals surface area contributed by atoms with E-state index in [0.29, 0.717) is 5.88 Å². The standard InChI is InChI=1S/C16H9BrN2OS/c17-12-3-1-11-8-13(4-2-10(11)7-12)20-16-15-14(5-6-21-15)18-9-19-16/h1-9H. The molecule has 4 aromatic rings. The van der Waals surface area contributed by atoms with Crippen molar-refractivity contribution in [3.63, 3.8) is 0 Å². The van der Waals surface area contributed by atoms with Crippen LogP contribution in [0.2, 0.25) is 0 Å². The van der Waals surface area contributed by atoms with E-state index >= 15 is 0 Å². The zero-order valence-corrected chi connectivity index (χ0v) is 13.2. The van der Waals surface area contributed by atoms with Crippen LogP contribution < -0.4 is 4.74 Å². The van der Waals surface area contributed by atoms with E-state index in [-0.39, 0.29) is 0 Å². The second-order valence-corrected chi connectivity index (χ2v) is 6.40. The molecule has 0 bridgehead atoms. The summed E-state index contributed by atoms with van der Waals surface area (Å²) < 4.78 is 7.97. The van der Waals surface area contributed by atoms with Crippen LogP contribution in [0, 0.1) is 0 Å². The summed E-state index contributed by atoms with van der Waals surface area (Å²) in [5.74, 6) is 1.38. The van der Waals surface area contributed by atoms with E-state index in [0.717, 1.165) is 25.8 Å². The highest BCUT2D eigenvalue weighted by Gasteiger charge is 2.07. The summed E-state index contributed by atoms with van der Waals surface area (Å²) in [5, 5.41) is 4.29. The third-order valence-corrected chi connectivity index (χ3v) is 4.58. The van der Waals surface area contributed by atoms with Crippen molar-refractivity contribution in [2.75, 3.05) is 0 Å². The number of halogens is 1. The molecule has 0 aliphatic heterocycles. The maximum atomic E-state index is 5.94. The Morgan fingerprint density at radius 1 is 0.952 bits per heavy atom. The van der Waals surface area contributed by atoms with Crippen molar-refractivity contribution in [1.29, 1.82) is 0 Å². The summed E-state index contributed by atoms with van der Waals surface area (Å²) in [7, 11) is 0. The lowest BCUT2D eigenvalue weighted by Gasteiger charge is -2.06. The first-order chi connectivity index (χ1) is 10.3. The number of thiophene rings is 1. The summed E-state index contributed by atoms with van der Waals surface area (Å²) in [5.41, 5.74) is 0.912. The van der Waals surface area contributed by atoms with Crippen LogP contribution in [0.25, 0.3) is 21.0 Å². The average Bonchev–Trinajstić information content (AvgIpc) is 2.97. The van der Waals surface area contributed by atoms with Crippen molar-refractivity contribution in [2.24, 2.45) is 0 Å². The lowest BCUT2D eigenvalue weighted by Crippen LogP contribution is -1.89. The average molecular weight is 357 g/mol. The van der Waals surface area contributed by atoms with E-state index in [1.54, 1.807) is 11.3 Å². The Hall–Kier alpha value is -1.98. The molecule has 4 rings (SSSR count). The first-order valence-electron chi connectivity index (χ1n) is 6.35. The highest BCUT2D eigenvalue weighted by Crippen LogP contribution is 2.32. The van der Waals surface area contributed by atoms with Gasteiger partial charge in [-0.15, -0.1) is 11.3 Å². The van der Waals surface area contributed by atoms with Crippen LogP contribution in [-0.4, -0.2) is 9.97 Å². The molecule has 0 aliphatic rings. The monoisotopic (exact) mass is 356 g/mol. The fourth-order valence-electron chi connectivity index (χ4n) is 2.21. The van der Waals surface area contributed by atoms with E-state index < -0.39 is 0 Å². The number of aromatic nitrogens is 2. The highest BCUT2D eigenvalue weighted by atomic mass is 79.9. The van der Waals surface area contributed by atoms with Crippen molar-refractivity contribution in [3.8, 4) is 11.6 Å². The van der Waals surface area contributed by atoms with Gasteiger partial charge in [-0.3, -0.25) is 0 Å². The lowest BCUT2D eigenvalue weighted by molar-refractivity contribution is 0.470. The number of fused-ring (bicyclic) bond motifs is 2. The molecule has 0 saturated carbocycles. The summed E-state index contributed by atoms with van der Waals surface area (Å²) in [4.78, 5) is 8.46. The van der Waals surface area contributed by atoms with Gasteiger partial charge in [0.1, 0.15) is 16.8 Å². The van der Waals surface area contributed by atoms with Crippen LogP contribution in [0.5, 0.6) is 11.6 Å². The normalized spacial score (nSPS) is 11.1. The molecule has 2 aromatic carbocycles. The Kier molecular flexibility index (Phi) is 3.09. The molecule has 21 heavy (non-hydrogen) atoms. The van der Waals surface area contributed by atoms with Crippen molar-refractivity contribution >= 4 is 48.3 Å². The third kappa shape index (κ3) is 2.39. The second kappa shape index (κ2) is 5.09. The van der Waals surface area contributed by atoms with Gasteiger partial charge in [-0.05, 0) is 46.5 Å². The van der Waals surface area contributed by atoms with Crippen LogP contribution in [0.15, 0.2) is 58.6 Å². The molecule has 102 valence electrons. The molecule has 0 N–H and O–H groups in total. The molecular weight excluding hydrogens is 348 g/mol. The minimum atomic E-state index is 0.603. The SMILES string of the molecule is Brc1ccc2cc(Oc3ncnc4ccsc34)ccc2c1. The molecule has 0 aliphatic carbocycles. The van der Waals surface area contributed by atoms with Crippen molar-refractivity contribution in [1.82, 2.24) is 9.97 Å². The smallest absolute Gasteiger partial charge is 0.240 e. The van der Waals surface area contributed by atoms with Crippen molar-refractivity contribution < 1.29 is 4.74 Å². The topological polar surface area (TPSA) is 35.0 Å². The van der Waals surface area contributed by atoms with Crippen LogP contribution in [0.4, 0.5) is 0 Å². The Morgan fingerprint density at radius 2 is 1.81 bits per heavy atom. The molecule has 0 amide bonds. The minimum Gasteiger partial charge on any atom is -0.437 e. The summed E-state index contributed by atoms with van der Waals surface area (Å²) in [6.45, 7) is 0. The van der Waals surface area contributed by atoms with Crippen LogP contribution in [0.1, 0.15) is 0 Å². The van der Waals surface area contributed by atoms with E-state index in [1.807, 2.05) is 35.7 Å². The zero-order chi connectivity index (χ0) is 14.2. The molecular formula is C16H9BrN2OS. The molecule has 2 heterocycles. The molecule has 0 saturated heterocycles. The maximum absolute atomic E-state index is 5.94. The van der Waals surface area contributed by atoms with Gasteiger partial charge in [0, 0.05) is 4.47 Å². The van der Waals surface area contributed by atoms with Gasteiger partial charge < -0.3 is 4.74 Å². The Morgan fingerprint density at radius 3 is 2.76 bits per heavy atom. The Labute approximate surface area is 133 Å². The van der Waals surface area contributed by atoms with E-state index in [4.69, 9.17) is 4.74 Å². The largest absolute Gasteiger partial charge is 0.437 e. The molecule has 0 fully saturated rings. The van der Waals surface area contributed by atoms with Gasteiger partial charge in [-0.1, -0.05) is 28.1 Å². The van der Waals surface area contributed by atoms with Gasteiger partial charge in [-0.2, -0.15) is 0 Å². The first kappa shape index (κ1) is 12.7. The molecule has 0 unspecified atom stereocenters.